The molecule has 0 aliphatic rings. The quantitative estimate of drug-likeness (QED) is 0.568. The van der Waals surface area contributed by atoms with Crippen LogP contribution in [0.3, 0.4) is 0 Å². The van der Waals surface area contributed by atoms with Crippen LogP contribution in [0, 0.1) is 0 Å². The summed E-state index contributed by atoms with van der Waals surface area (Å²) >= 11 is 9.28. The predicted molar refractivity (Wildman–Crippen MR) is 109 cm³/mol. The van der Waals surface area contributed by atoms with Crippen LogP contribution >= 0.6 is 27.5 Å². The minimum atomic E-state index is -0.898. The number of halogens is 2. The Balaban J connectivity index is 1.82. The summed E-state index contributed by atoms with van der Waals surface area (Å²) in [7, 11) is 0. The van der Waals surface area contributed by atoms with Crippen molar-refractivity contribution in [1.29, 1.82) is 0 Å². The van der Waals surface area contributed by atoms with E-state index >= 15 is 0 Å². The number of benzene rings is 2. The lowest BCUT2D eigenvalue weighted by atomic mass is 10.2. The van der Waals surface area contributed by atoms with E-state index in [4.69, 9.17) is 16.3 Å². The van der Waals surface area contributed by atoms with Crippen LogP contribution in [0.1, 0.15) is 24.2 Å². The number of amides is 3. The number of hydrogen-bond donors (Lipinski definition) is 3. The number of hydrazine groups is 1. The standard InChI is InChI=1S/C19H19BrClN3O4/c1-11(22-19(27)15-8-3-4-9-16(15)21)17(25)23-24-18(26)12(2)28-14-7-5-6-13(20)10-14/h3-12H,1-2H3,(H,22,27)(H,23,25)(H,24,26)/t11-,12?/m0/s1. The van der Waals surface area contributed by atoms with E-state index in [-0.39, 0.29) is 10.6 Å². The van der Waals surface area contributed by atoms with Crippen LogP contribution < -0.4 is 20.9 Å². The summed E-state index contributed by atoms with van der Waals surface area (Å²) < 4.78 is 6.32. The van der Waals surface area contributed by atoms with Gasteiger partial charge in [-0.05, 0) is 44.2 Å². The summed E-state index contributed by atoms with van der Waals surface area (Å²) in [5.74, 6) is -1.13. The third-order valence-corrected chi connectivity index (χ3v) is 4.47. The van der Waals surface area contributed by atoms with Crippen LogP contribution in [0.25, 0.3) is 0 Å². The lowest BCUT2D eigenvalue weighted by Gasteiger charge is -2.18. The molecular formula is C19H19BrClN3O4. The zero-order valence-corrected chi connectivity index (χ0v) is 17.5. The van der Waals surface area contributed by atoms with Gasteiger partial charge in [-0.2, -0.15) is 0 Å². The Morgan fingerprint density at radius 3 is 2.36 bits per heavy atom. The highest BCUT2D eigenvalue weighted by Gasteiger charge is 2.20. The predicted octanol–water partition coefficient (Wildman–Crippen LogP) is 2.84. The second-order valence-electron chi connectivity index (χ2n) is 5.87. The van der Waals surface area contributed by atoms with Gasteiger partial charge in [0.15, 0.2) is 6.10 Å². The van der Waals surface area contributed by atoms with Crippen LogP contribution in [0.4, 0.5) is 0 Å². The van der Waals surface area contributed by atoms with E-state index < -0.39 is 29.9 Å². The van der Waals surface area contributed by atoms with Crippen molar-refractivity contribution in [3.63, 3.8) is 0 Å². The van der Waals surface area contributed by atoms with Gasteiger partial charge in [0.05, 0.1) is 10.6 Å². The van der Waals surface area contributed by atoms with Crippen molar-refractivity contribution in [3.05, 3.63) is 63.6 Å². The molecule has 2 rings (SSSR count). The van der Waals surface area contributed by atoms with Crippen LogP contribution in [-0.2, 0) is 9.59 Å². The average molecular weight is 469 g/mol. The number of nitrogens with one attached hydrogen (secondary N) is 3. The van der Waals surface area contributed by atoms with Gasteiger partial charge in [-0.1, -0.05) is 45.7 Å². The Morgan fingerprint density at radius 1 is 1.00 bits per heavy atom. The first-order chi connectivity index (χ1) is 13.3. The number of hydrogen-bond acceptors (Lipinski definition) is 4. The molecule has 0 radical (unpaired) electrons. The Hall–Kier alpha value is -2.58. The normalized spacial score (nSPS) is 12.4. The molecule has 2 aromatic rings. The summed E-state index contributed by atoms with van der Waals surface area (Å²) in [5.41, 5.74) is 4.78. The minimum Gasteiger partial charge on any atom is -0.481 e. The molecule has 28 heavy (non-hydrogen) atoms. The van der Waals surface area contributed by atoms with Gasteiger partial charge in [-0.3, -0.25) is 25.2 Å². The molecule has 148 valence electrons. The van der Waals surface area contributed by atoms with Gasteiger partial charge in [-0.25, -0.2) is 0 Å². The molecule has 0 heterocycles. The van der Waals surface area contributed by atoms with E-state index in [0.717, 1.165) is 4.47 Å². The van der Waals surface area contributed by atoms with E-state index in [9.17, 15) is 14.4 Å². The highest BCUT2D eigenvalue weighted by atomic mass is 79.9. The second-order valence-corrected chi connectivity index (χ2v) is 7.19. The fraction of sp³-hybridized carbons (Fsp3) is 0.211. The zero-order valence-electron chi connectivity index (χ0n) is 15.2. The molecule has 9 heteroatoms. The second kappa shape index (κ2) is 10.1. The van der Waals surface area contributed by atoms with Crippen molar-refractivity contribution in [3.8, 4) is 5.75 Å². The number of carbonyl (C=O) groups is 3. The molecule has 0 aliphatic heterocycles. The Bertz CT molecular complexity index is 878. The lowest BCUT2D eigenvalue weighted by molar-refractivity contribution is -0.133. The number of rotatable bonds is 6. The summed E-state index contributed by atoms with van der Waals surface area (Å²) in [6.45, 7) is 3.03. The van der Waals surface area contributed by atoms with Crippen LogP contribution in [-0.4, -0.2) is 29.9 Å². The van der Waals surface area contributed by atoms with Crippen molar-refractivity contribution in [2.24, 2.45) is 0 Å². The van der Waals surface area contributed by atoms with Crippen molar-refractivity contribution in [2.45, 2.75) is 26.0 Å². The average Bonchev–Trinajstić information content (AvgIpc) is 2.65. The smallest absolute Gasteiger partial charge is 0.279 e. The highest BCUT2D eigenvalue weighted by molar-refractivity contribution is 9.10. The number of ether oxygens (including phenoxy) is 1. The zero-order chi connectivity index (χ0) is 20.7. The van der Waals surface area contributed by atoms with Crippen LogP contribution in [0.5, 0.6) is 5.75 Å². The molecule has 0 bridgehead atoms. The molecule has 0 saturated heterocycles. The molecule has 1 unspecified atom stereocenters. The first-order valence-corrected chi connectivity index (χ1v) is 9.52. The van der Waals surface area contributed by atoms with E-state index in [0.29, 0.717) is 5.75 Å². The lowest BCUT2D eigenvalue weighted by Crippen LogP contribution is -2.53. The topological polar surface area (TPSA) is 96.5 Å². The molecule has 0 fully saturated rings. The Labute approximate surface area is 175 Å². The Kier molecular flexibility index (Phi) is 7.83. The van der Waals surface area contributed by atoms with E-state index in [1.54, 1.807) is 49.4 Å². The summed E-state index contributed by atoms with van der Waals surface area (Å²) in [4.78, 5) is 36.4. The minimum absolute atomic E-state index is 0.254. The maximum Gasteiger partial charge on any atom is 0.279 e. The Morgan fingerprint density at radius 2 is 1.68 bits per heavy atom. The largest absolute Gasteiger partial charge is 0.481 e. The SMILES string of the molecule is CC(Oc1cccc(Br)c1)C(=O)NNC(=O)[C@H](C)NC(=O)c1ccccc1Cl. The summed E-state index contributed by atoms with van der Waals surface area (Å²) in [6.07, 6.45) is -0.845. The van der Waals surface area contributed by atoms with Gasteiger partial charge < -0.3 is 10.1 Å². The fourth-order valence-electron chi connectivity index (χ4n) is 2.12. The van der Waals surface area contributed by atoms with Crippen molar-refractivity contribution in [2.75, 3.05) is 0 Å². The van der Waals surface area contributed by atoms with Gasteiger partial charge in [-0.15, -0.1) is 0 Å². The van der Waals surface area contributed by atoms with E-state index in [1.807, 2.05) is 6.07 Å². The van der Waals surface area contributed by atoms with Crippen molar-refractivity contribution < 1.29 is 19.1 Å². The van der Waals surface area contributed by atoms with Crippen molar-refractivity contribution in [1.82, 2.24) is 16.2 Å². The van der Waals surface area contributed by atoms with Gasteiger partial charge >= 0.3 is 0 Å². The van der Waals surface area contributed by atoms with Gasteiger partial charge in [0.1, 0.15) is 11.8 Å². The molecule has 2 aromatic carbocycles. The molecule has 7 nitrogen and oxygen atoms in total. The van der Waals surface area contributed by atoms with E-state index in [1.165, 1.54) is 6.92 Å². The monoisotopic (exact) mass is 467 g/mol. The van der Waals surface area contributed by atoms with Crippen LogP contribution in [0.2, 0.25) is 5.02 Å². The maximum atomic E-state index is 12.2. The molecular weight excluding hydrogens is 450 g/mol. The molecule has 2 atom stereocenters. The van der Waals surface area contributed by atoms with Crippen molar-refractivity contribution >= 4 is 45.3 Å². The first kappa shape index (κ1) is 21.7. The molecule has 3 N–H and O–H groups in total. The first-order valence-electron chi connectivity index (χ1n) is 8.35. The molecule has 0 spiro atoms. The van der Waals surface area contributed by atoms with Crippen LogP contribution in [0.15, 0.2) is 53.0 Å². The molecule has 0 aliphatic carbocycles. The summed E-state index contributed by atoms with van der Waals surface area (Å²) in [6, 6.07) is 12.6. The van der Waals surface area contributed by atoms with Gasteiger partial charge in [0, 0.05) is 4.47 Å². The third kappa shape index (κ3) is 6.24. The maximum absolute atomic E-state index is 12.2. The van der Waals surface area contributed by atoms with Gasteiger partial charge in [0.25, 0.3) is 17.7 Å². The molecule has 0 aromatic heterocycles. The third-order valence-electron chi connectivity index (χ3n) is 3.65. The van der Waals surface area contributed by atoms with E-state index in [2.05, 4.69) is 32.1 Å². The highest BCUT2D eigenvalue weighted by Crippen LogP contribution is 2.19. The molecule has 3 amide bonds. The fourth-order valence-corrected chi connectivity index (χ4v) is 2.72. The molecule has 0 saturated carbocycles. The summed E-state index contributed by atoms with van der Waals surface area (Å²) in [5, 5.41) is 2.79. The number of carbonyl (C=O) groups excluding carboxylic acids is 3. The van der Waals surface area contributed by atoms with Gasteiger partial charge in [0.2, 0.25) is 0 Å².